The maximum absolute atomic E-state index is 6.36. The Hall–Kier alpha value is -6.64. The molecule has 1 heterocycles. The van der Waals surface area contributed by atoms with Crippen molar-refractivity contribution in [2.45, 2.75) is 0 Å². The van der Waals surface area contributed by atoms with Gasteiger partial charge in [-0.2, -0.15) is 0 Å². The highest BCUT2D eigenvalue weighted by atomic mass is 16.3. The molecule has 0 radical (unpaired) electrons. The van der Waals surface area contributed by atoms with Crippen LogP contribution in [0.3, 0.4) is 0 Å². The molecular formula is C48H31NO. The van der Waals surface area contributed by atoms with Gasteiger partial charge in [0, 0.05) is 33.4 Å². The lowest BCUT2D eigenvalue weighted by Crippen LogP contribution is -2.09. The van der Waals surface area contributed by atoms with Crippen molar-refractivity contribution in [1.29, 1.82) is 0 Å². The molecular weight excluding hydrogens is 607 g/mol. The van der Waals surface area contributed by atoms with E-state index in [0.29, 0.717) is 0 Å². The molecule has 0 atom stereocenters. The minimum absolute atomic E-state index is 0.913. The van der Waals surface area contributed by atoms with Gasteiger partial charge in [-0.05, 0) is 91.5 Å². The number of hydrogen-bond acceptors (Lipinski definition) is 2. The zero-order valence-electron chi connectivity index (χ0n) is 27.3. The summed E-state index contributed by atoms with van der Waals surface area (Å²) in [4.78, 5) is 2.32. The number of fused-ring (bicyclic) bond motifs is 8. The molecule has 10 rings (SSSR count). The molecule has 50 heavy (non-hydrogen) atoms. The largest absolute Gasteiger partial charge is 0.455 e. The van der Waals surface area contributed by atoms with Crippen LogP contribution < -0.4 is 4.90 Å². The number of furan rings is 1. The second-order valence-corrected chi connectivity index (χ2v) is 12.9. The molecule has 9 aromatic carbocycles. The molecule has 0 saturated carbocycles. The Morgan fingerprint density at radius 1 is 0.300 bits per heavy atom. The van der Waals surface area contributed by atoms with Crippen LogP contribution in [0.1, 0.15) is 0 Å². The van der Waals surface area contributed by atoms with Gasteiger partial charge in [0.1, 0.15) is 11.2 Å². The van der Waals surface area contributed by atoms with Crippen LogP contribution >= 0.6 is 0 Å². The zero-order chi connectivity index (χ0) is 33.0. The van der Waals surface area contributed by atoms with Gasteiger partial charge in [0.15, 0.2) is 0 Å². The van der Waals surface area contributed by atoms with Gasteiger partial charge in [-0.1, -0.05) is 146 Å². The molecule has 0 amide bonds. The molecule has 2 heteroatoms. The Balaban J connectivity index is 1.04. The van der Waals surface area contributed by atoms with Crippen LogP contribution in [0.5, 0.6) is 0 Å². The van der Waals surface area contributed by atoms with Crippen molar-refractivity contribution in [3.05, 3.63) is 188 Å². The van der Waals surface area contributed by atoms with E-state index in [-0.39, 0.29) is 0 Å². The van der Waals surface area contributed by atoms with Gasteiger partial charge in [0.25, 0.3) is 0 Å². The lowest BCUT2D eigenvalue weighted by molar-refractivity contribution is 0.670. The van der Waals surface area contributed by atoms with Crippen molar-refractivity contribution >= 4 is 71.3 Å². The van der Waals surface area contributed by atoms with Gasteiger partial charge >= 0.3 is 0 Å². The van der Waals surface area contributed by atoms with Gasteiger partial charge in [-0.15, -0.1) is 0 Å². The SMILES string of the molecule is c1ccc(N(c2ccc(-c3cccc4c3ccc3c5ccccc5ccc43)cc2)c2ccc(-c3cccc4c3oc3ccccc34)cc2)cc1. The first-order valence-corrected chi connectivity index (χ1v) is 17.1. The van der Waals surface area contributed by atoms with Crippen LogP contribution in [0.25, 0.3) is 76.5 Å². The smallest absolute Gasteiger partial charge is 0.143 e. The van der Waals surface area contributed by atoms with Crippen LogP contribution in [0, 0.1) is 0 Å². The summed E-state index contributed by atoms with van der Waals surface area (Å²) < 4.78 is 6.36. The quantitative estimate of drug-likeness (QED) is 0.175. The third kappa shape index (κ3) is 4.57. The van der Waals surface area contributed by atoms with Crippen LogP contribution in [0.15, 0.2) is 192 Å². The molecule has 234 valence electrons. The summed E-state index contributed by atoms with van der Waals surface area (Å²) in [6, 6.07) is 67.4. The van der Waals surface area contributed by atoms with E-state index in [1.807, 2.05) is 12.1 Å². The van der Waals surface area contributed by atoms with Crippen molar-refractivity contribution < 1.29 is 4.42 Å². The number of nitrogens with zero attached hydrogens (tertiary/aromatic N) is 1. The van der Waals surface area contributed by atoms with E-state index in [0.717, 1.165) is 50.1 Å². The van der Waals surface area contributed by atoms with Gasteiger partial charge in [0.05, 0.1) is 0 Å². The normalized spacial score (nSPS) is 11.6. The van der Waals surface area contributed by atoms with E-state index in [9.17, 15) is 0 Å². The molecule has 0 bridgehead atoms. The van der Waals surface area contributed by atoms with Gasteiger partial charge in [-0.25, -0.2) is 0 Å². The molecule has 2 nitrogen and oxygen atoms in total. The summed E-state index contributed by atoms with van der Waals surface area (Å²) >= 11 is 0. The highest BCUT2D eigenvalue weighted by Gasteiger charge is 2.16. The van der Waals surface area contributed by atoms with Gasteiger partial charge in [0.2, 0.25) is 0 Å². The predicted molar refractivity (Wildman–Crippen MR) is 212 cm³/mol. The van der Waals surface area contributed by atoms with Crippen molar-refractivity contribution in [1.82, 2.24) is 0 Å². The number of benzene rings is 9. The highest BCUT2D eigenvalue weighted by Crippen LogP contribution is 2.41. The Morgan fingerprint density at radius 3 is 1.60 bits per heavy atom. The summed E-state index contributed by atoms with van der Waals surface area (Å²) in [5.41, 5.74) is 9.78. The lowest BCUT2D eigenvalue weighted by atomic mass is 9.92. The minimum atomic E-state index is 0.913. The molecule has 10 aromatic rings. The summed E-state index contributed by atoms with van der Waals surface area (Å²) in [6.07, 6.45) is 0. The summed E-state index contributed by atoms with van der Waals surface area (Å²) in [5.74, 6) is 0. The van der Waals surface area contributed by atoms with Gasteiger partial charge < -0.3 is 9.32 Å². The highest BCUT2D eigenvalue weighted by molar-refractivity contribution is 6.19. The molecule has 0 spiro atoms. The number of rotatable bonds is 5. The lowest BCUT2D eigenvalue weighted by Gasteiger charge is -2.26. The van der Waals surface area contributed by atoms with Crippen LogP contribution in [-0.4, -0.2) is 0 Å². The molecule has 1 aromatic heterocycles. The second-order valence-electron chi connectivity index (χ2n) is 12.9. The molecule has 0 aliphatic rings. The van der Waals surface area contributed by atoms with E-state index in [1.54, 1.807) is 0 Å². The fraction of sp³-hybridized carbons (Fsp3) is 0. The predicted octanol–water partition coefficient (Wildman–Crippen LogP) is 13.8. The topological polar surface area (TPSA) is 16.4 Å². The first kappa shape index (κ1) is 28.4. The average molecular weight is 638 g/mol. The van der Waals surface area contributed by atoms with E-state index in [1.165, 1.54) is 43.4 Å². The number of hydrogen-bond donors (Lipinski definition) is 0. The van der Waals surface area contributed by atoms with Crippen molar-refractivity contribution in [2.24, 2.45) is 0 Å². The maximum atomic E-state index is 6.36. The van der Waals surface area contributed by atoms with Crippen LogP contribution in [0.4, 0.5) is 17.1 Å². The third-order valence-corrected chi connectivity index (χ3v) is 10.1. The number of anilines is 3. The monoisotopic (exact) mass is 637 g/mol. The molecule has 0 saturated heterocycles. The second kappa shape index (κ2) is 11.5. The fourth-order valence-electron chi connectivity index (χ4n) is 7.69. The minimum Gasteiger partial charge on any atom is -0.455 e. The van der Waals surface area contributed by atoms with E-state index < -0.39 is 0 Å². The van der Waals surface area contributed by atoms with Crippen LogP contribution in [0.2, 0.25) is 0 Å². The first-order valence-electron chi connectivity index (χ1n) is 17.1. The first-order chi connectivity index (χ1) is 24.8. The Morgan fingerprint density at radius 2 is 0.820 bits per heavy atom. The van der Waals surface area contributed by atoms with Crippen LogP contribution in [-0.2, 0) is 0 Å². The van der Waals surface area contributed by atoms with Crippen molar-refractivity contribution in [3.63, 3.8) is 0 Å². The average Bonchev–Trinajstić information content (AvgIpc) is 3.58. The Labute approximate surface area is 290 Å². The number of para-hydroxylation sites is 3. The third-order valence-electron chi connectivity index (χ3n) is 10.1. The Bertz CT molecular complexity index is 2850. The summed E-state index contributed by atoms with van der Waals surface area (Å²) in [7, 11) is 0. The fourth-order valence-corrected chi connectivity index (χ4v) is 7.69. The Kier molecular flexibility index (Phi) is 6.53. The molecule has 0 aliphatic heterocycles. The molecule has 0 fully saturated rings. The van der Waals surface area contributed by atoms with E-state index in [4.69, 9.17) is 4.42 Å². The van der Waals surface area contributed by atoms with Crippen molar-refractivity contribution in [2.75, 3.05) is 4.90 Å². The van der Waals surface area contributed by atoms with E-state index >= 15 is 0 Å². The zero-order valence-corrected chi connectivity index (χ0v) is 27.3. The van der Waals surface area contributed by atoms with Crippen molar-refractivity contribution in [3.8, 4) is 22.3 Å². The standard InChI is InChI=1S/C48H31NO/c1-2-11-35(12-3-1)49(37-27-22-34(23-28-37)40-16-9-18-46-45-14-6-7-19-47(45)50-48(40)46)36-25-20-33(21-26-36)39-15-8-17-41-42(39)30-31-43-38-13-5-4-10-32(38)24-29-44(41)43/h1-31H. The molecule has 0 aliphatic carbocycles. The molecule has 0 unspecified atom stereocenters. The summed E-state index contributed by atoms with van der Waals surface area (Å²) in [5, 5.41) is 9.97. The molecule has 0 N–H and O–H groups in total. The summed E-state index contributed by atoms with van der Waals surface area (Å²) in [6.45, 7) is 0. The van der Waals surface area contributed by atoms with Gasteiger partial charge in [-0.3, -0.25) is 0 Å². The van der Waals surface area contributed by atoms with E-state index in [2.05, 4.69) is 181 Å². The maximum Gasteiger partial charge on any atom is 0.143 e.